The van der Waals surface area contributed by atoms with E-state index >= 15 is 0 Å². The number of aliphatic hydroxyl groups excluding tert-OH is 1. The number of esters is 1. The maximum absolute atomic E-state index is 13.3. The van der Waals surface area contributed by atoms with Gasteiger partial charge < -0.3 is 14.7 Å². The van der Waals surface area contributed by atoms with E-state index < -0.39 is 0 Å². The van der Waals surface area contributed by atoms with Gasteiger partial charge in [-0.1, -0.05) is 33.3 Å². The van der Waals surface area contributed by atoms with Gasteiger partial charge in [-0.2, -0.15) is 0 Å². The fraction of sp³-hybridized carbons (Fsp3) is 0.833. The molecule has 1 N–H and O–H groups in total. The van der Waals surface area contributed by atoms with Crippen LogP contribution in [0.1, 0.15) is 59.8 Å². The number of Topliss-reactive ketones (excluding diaryl/α,β-unsaturated/α-hetero) is 1. The van der Waals surface area contributed by atoms with Crippen LogP contribution in [0.15, 0.2) is 11.6 Å². The van der Waals surface area contributed by atoms with Gasteiger partial charge in [-0.05, 0) is 68.4 Å². The summed E-state index contributed by atoms with van der Waals surface area (Å²) in [5.74, 6) is 0.645. The number of fused-ring (bicyclic) bond motifs is 3. The van der Waals surface area contributed by atoms with Crippen LogP contribution in [0.3, 0.4) is 0 Å². The molecule has 5 nitrogen and oxygen atoms in total. The van der Waals surface area contributed by atoms with E-state index in [1.54, 1.807) is 6.08 Å². The monoisotopic (exact) mass is 405 g/mol. The van der Waals surface area contributed by atoms with Crippen LogP contribution in [-0.4, -0.2) is 55.1 Å². The van der Waals surface area contributed by atoms with Crippen molar-refractivity contribution < 1.29 is 19.4 Å². The molecule has 3 unspecified atom stereocenters. The SMILES string of the molecule is C[C@@H]1/C(=C\C(=O)OCCN(C)C)CCC2C1C(=O)CC1C(C)(C)[C@@H](O)CC[C@]21C. The first-order valence-corrected chi connectivity index (χ1v) is 11.2. The highest BCUT2D eigenvalue weighted by molar-refractivity contribution is 5.86. The van der Waals surface area contributed by atoms with Crippen LogP contribution >= 0.6 is 0 Å². The Morgan fingerprint density at radius 2 is 1.97 bits per heavy atom. The number of likely N-dealkylation sites (N-methyl/N-ethyl adjacent to an activating group) is 1. The minimum absolute atomic E-state index is 0.0168. The standard InChI is InChI=1S/C24H39NO4/c1-15-16(13-21(28)29-12-11-25(5)6)7-8-17-22(15)18(26)14-19-23(2,3)20(27)9-10-24(17,19)4/h13,15,17,19-20,22,27H,7-12,14H2,1-6H3/b16-13-/t15-,17?,19?,20+,22?,24-/m1/s1. The molecule has 0 bridgehead atoms. The average Bonchev–Trinajstić information content (AvgIpc) is 2.63. The number of rotatable bonds is 4. The van der Waals surface area contributed by atoms with Gasteiger partial charge in [0.25, 0.3) is 0 Å². The molecular weight excluding hydrogens is 366 g/mol. The number of ether oxygens (including phenoxy) is 1. The Balaban J connectivity index is 1.78. The molecule has 0 aromatic heterocycles. The first-order chi connectivity index (χ1) is 13.5. The zero-order valence-electron chi connectivity index (χ0n) is 19.0. The van der Waals surface area contributed by atoms with Crippen LogP contribution in [0.4, 0.5) is 0 Å². The molecule has 29 heavy (non-hydrogen) atoms. The molecule has 0 radical (unpaired) electrons. The maximum Gasteiger partial charge on any atom is 0.330 e. The lowest BCUT2D eigenvalue weighted by molar-refractivity contribution is -0.172. The zero-order valence-corrected chi connectivity index (χ0v) is 19.0. The Morgan fingerprint density at radius 1 is 1.28 bits per heavy atom. The largest absolute Gasteiger partial charge is 0.461 e. The predicted molar refractivity (Wildman–Crippen MR) is 113 cm³/mol. The fourth-order valence-electron chi connectivity index (χ4n) is 6.63. The quantitative estimate of drug-likeness (QED) is 0.573. The second-order valence-electron chi connectivity index (χ2n) is 10.8. The molecule has 0 aromatic rings. The molecule has 3 rings (SSSR count). The molecule has 0 aromatic carbocycles. The van der Waals surface area contributed by atoms with Crippen molar-refractivity contribution in [2.45, 2.75) is 65.9 Å². The van der Waals surface area contributed by atoms with E-state index in [9.17, 15) is 14.7 Å². The van der Waals surface area contributed by atoms with Crippen LogP contribution in [0, 0.1) is 34.5 Å². The molecule has 3 aliphatic rings. The summed E-state index contributed by atoms with van der Waals surface area (Å²) in [4.78, 5) is 27.5. The first-order valence-electron chi connectivity index (χ1n) is 11.2. The van der Waals surface area contributed by atoms with Crippen LogP contribution in [-0.2, 0) is 14.3 Å². The lowest BCUT2D eigenvalue weighted by Crippen LogP contribution is -2.60. The first kappa shape index (κ1) is 22.5. The molecule has 3 saturated carbocycles. The van der Waals surface area contributed by atoms with E-state index in [1.165, 1.54) is 0 Å². The highest BCUT2D eigenvalue weighted by Gasteiger charge is 2.61. The second kappa shape index (κ2) is 8.14. The number of allylic oxidation sites excluding steroid dienone is 1. The van der Waals surface area contributed by atoms with Crippen LogP contribution in [0.25, 0.3) is 0 Å². The van der Waals surface area contributed by atoms with Crippen molar-refractivity contribution in [3.63, 3.8) is 0 Å². The van der Waals surface area contributed by atoms with Crippen molar-refractivity contribution in [3.05, 3.63) is 11.6 Å². The van der Waals surface area contributed by atoms with E-state index in [1.807, 2.05) is 19.0 Å². The topological polar surface area (TPSA) is 66.8 Å². The van der Waals surface area contributed by atoms with Gasteiger partial charge in [0.1, 0.15) is 12.4 Å². The average molecular weight is 406 g/mol. The maximum atomic E-state index is 13.3. The number of hydrogen-bond donors (Lipinski definition) is 1. The highest BCUT2D eigenvalue weighted by Crippen LogP contribution is 2.63. The summed E-state index contributed by atoms with van der Waals surface area (Å²) in [7, 11) is 3.90. The molecule has 0 saturated heterocycles. The summed E-state index contributed by atoms with van der Waals surface area (Å²) < 4.78 is 5.34. The molecule has 164 valence electrons. The van der Waals surface area contributed by atoms with Gasteiger partial charge in [0, 0.05) is 25.0 Å². The number of carbonyl (C=O) groups excluding carboxylic acids is 2. The number of hydrogen-bond acceptors (Lipinski definition) is 5. The number of aliphatic hydroxyl groups is 1. The normalized spacial score (nSPS) is 40.5. The zero-order chi connectivity index (χ0) is 21.6. The lowest BCUT2D eigenvalue weighted by Gasteiger charge is -2.62. The van der Waals surface area contributed by atoms with Gasteiger partial charge in [0.2, 0.25) is 0 Å². The predicted octanol–water partition coefficient (Wildman–Crippen LogP) is 3.46. The van der Waals surface area contributed by atoms with Gasteiger partial charge in [-0.15, -0.1) is 0 Å². The van der Waals surface area contributed by atoms with Gasteiger partial charge in [0.15, 0.2) is 0 Å². The highest BCUT2D eigenvalue weighted by atomic mass is 16.5. The molecule has 0 amide bonds. The number of nitrogens with zero attached hydrogens (tertiary/aromatic N) is 1. The van der Waals surface area contributed by atoms with E-state index in [-0.39, 0.29) is 40.7 Å². The van der Waals surface area contributed by atoms with Crippen molar-refractivity contribution in [1.29, 1.82) is 0 Å². The van der Waals surface area contributed by atoms with Crippen molar-refractivity contribution in [3.8, 4) is 0 Å². The van der Waals surface area contributed by atoms with Crippen molar-refractivity contribution >= 4 is 11.8 Å². The van der Waals surface area contributed by atoms with Crippen molar-refractivity contribution in [2.75, 3.05) is 27.2 Å². The summed E-state index contributed by atoms with van der Waals surface area (Å²) in [5, 5.41) is 10.6. The van der Waals surface area contributed by atoms with Gasteiger partial charge in [-0.3, -0.25) is 4.79 Å². The van der Waals surface area contributed by atoms with E-state index in [0.29, 0.717) is 31.3 Å². The summed E-state index contributed by atoms with van der Waals surface area (Å²) >= 11 is 0. The van der Waals surface area contributed by atoms with Crippen LogP contribution < -0.4 is 0 Å². The minimum Gasteiger partial charge on any atom is -0.461 e. The van der Waals surface area contributed by atoms with Crippen molar-refractivity contribution in [1.82, 2.24) is 4.90 Å². The fourth-order valence-corrected chi connectivity index (χ4v) is 6.63. The molecular formula is C24H39NO4. The van der Waals surface area contributed by atoms with Gasteiger partial charge in [0.05, 0.1) is 6.10 Å². The van der Waals surface area contributed by atoms with E-state index in [0.717, 1.165) is 31.3 Å². The molecule has 3 fully saturated rings. The summed E-state index contributed by atoms with van der Waals surface area (Å²) in [6.07, 6.45) is 5.44. The minimum atomic E-state index is -0.335. The second-order valence-corrected chi connectivity index (χ2v) is 10.8. The third-order valence-corrected chi connectivity index (χ3v) is 8.52. The summed E-state index contributed by atoms with van der Waals surface area (Å²) in [6, 6.07) is 0. The van der Waals surface area contributed by atoms with Crippen LogP contribution in [0.5, 0.6) is 0 Å². The molecule has 0 heterocycles. The Hall–Kier alpha value is -1.20. The number of carbonyl (C=O) groups is 2. The van der Waals surface area contributed by atoms with E-state index in [2.05, 4.69) is 27.7 Å². The number of ketones is 1. The van der Waals surface area contributed by atoms with Gasteiger partial charge in [-0.25, -0.2) is 4.79 Å². The third kappa shape index (κ3) is 4.05. The third-order valence-electron chi connectivity index (χ3n) is 8.52. The molecule has 5 heteroatoms. The summed E-state index contributed by atoms with van der Waals surface area (Å²) in [5.41, 5.74) is 0.905. The van der Waals surface area contributed by atoms with E-state index in [4.69, 9.17) is 4.74 Å². The van der Waals surface area contributed by atoms with Crippen LogP contribution in [0.2, 0.25) is 0 Å². The molecule has 3 aliphatic carbocycles. The Bertz CT molecular complexity index is 682. The summed E-state index contributed by atoms with van der Waals surface area (Å²) in [6.45, 7) is 9.82. The Morgan fingerprint density at radius 3 is 2.62 bits per heavy atom. The lowest BCUT2D eigenvalue weighted by atomic mass is 9.42. The smallest absolute Gasteiger partial charge is 0.330 e. The Labute approximate surface area is 175 Å². The van der Waals surface area contributed by atoms with Gasteiger partial charge >= 0.3 is 5.97 Å². The Kier molecular flexibility index (Phi) is 6.31. The molecule has 0 aliphatic heterocycles. The molecule has 6 atom stereocenters. The van der Waals surface area contributed by atoms with Crippen molar-refractivity contribution in [2.24, 2.45) is 34.5 Å². The molecule has 0 spiro atoms.